The highest BCUT2D eigenvalue weighted by molar-refractivity contribution is 6.43. The lowest BCUT2D eigenvalue weighted by Gasteiger charge is -2.23. The van der Waals surface area contributed by atoms with Crippen LogP contribution in [0, 0.1) is 22.0 Å². The minimum Gasteiger partial charge on any atom is -0.496 e. The Balaban J connectivity index is 2.91. The van der Waals surface area contributed by atoms with Gasteiger partial charge in [-0.05, 0) is 43.4 Å². The molecule has 13 heteroatoms. The number of guanidine groups is 1. The monoisotopic (exact) mass is 491 g/mol. The van der Waals surface area contributed by atoms with E-state index in [1.54, 1.807) is 35.8 Å². The molecule has 6 N–H and O–H groups in total. The second kappa shape index (κ2) is 15.5. The van der Waals surface area contributed by atoms with Crippen LogP contribution in [-0.4, -0.2) is 59.4 Å². The molecule has 12 nitrogen and oxygen atoms in total. The van der Waals surface area contributed by atoms with Gasteiger partial charge in [0.15, 0.2) is 10.8 Å². The molecule has 0 bridgehead atoms. The molecule has 0 aliphatic rings. The van der Waals surface area contributed by atoms with Gasteiger partial charge in [0.25, 0.3) is 5.96 Å². The Hall–Kier alpha value is -3.45. The van der Waals surface area contributed by atoms with Gasteiger partial charge < -0.3 is 25.8 Å². The maximum absolute atomic E-state index is 12.9. The number of methoxy groups -OCH3 is 1. The van der Waals surface area contributed by atoms with E-state index in [0.29, 0.717) is 24.2 Å². The number of ether oxygens (including phenoxy) is 1. The number of nitrogens with two attached hydrogens (primary N) is 1. The number of amides is 1. The molecule has 0 aromatic heterocycles. The van der Waals surface area contributed by atoms with E-state index in [1.807, 2.05) is 13.8 Å². The van der Waals surface area contributed by atoms with Crippen LogP contribution in [-0.2, 0) is 9.59 Å². The number of benzene rings is 1. The molecule has 1 rings (SSSR count). The first-order valence-electron chi connectivity index (χ1n) is 11.2. The van der Waals surface area contributed by atoms with Crippen LogP contribution in [0.1, 0.15) is 45.1 Å². The van der Waals surface area contributed by atoms with E-state index in [0.717, 1.165) is 0 Å². The zero-order valence-electron chi connectivity index (χ0n) is 20.2. The fraction of sp³-hybridized carbons (Fsp3) is 0.500. The second-order valence-electron chi connectivity index (χ2n) is 8.38. The van der Waals surface area contributed by atoms with Gasteiger partial charge in [0.1, 0.15) is 5.75 Å². The highest BCUT2D eigenvalue weighted by Crippen LogP contribution is 2.20. The highest BCUT2D eigenvalue weighted by Gasteiger charge is 2.29. The lowest BCUT2D eigenvalue weighted by molar-refractivity contribution is -0.525. The SMILES string of the molecule is COc1ccccc1/C=C/C(=O)C[C@@H](CCCN=C(N)N[N+](=O)[O-])C(=O)N[C@@H](CC(C)C)B(O)O. The van der Waals surface area contributed by atoms with Gasteiger partial charge in [-0.25, -0.2) is 15.1 Å². The van der Waals surface area contributed by atoms with E-state index in [-0.39, 0.29) is 37.0 Å². The zero-order chi connectivity index (χ0) is 26.4. The lowest BCUT2D eigenvalue weighted by atomic mass is 9.74. The second-order valence-corrected chi connectivity index (χ2v) is 8.38. The van der Waals surface area contributed by atoms with E-state index >= 15 is 0 Å². The number of nitrogens with one attached hydrogen (secondary N) is 2. The van der Waals surface area contributed by atoms with Gasteiger partial charge in [-0.3, -0.25) is 9.59 Å². The van der Waals surface area contributed by atoms with Gasteiger partial charge in [-0.1, -0.05) is 37.5 Å². The van der Waals surface area contributed by atoms with Gasteiger partial charge in [0.2, 0.25) is 5.91 Å². The van der Waals surface area contributed by atoms with E-state index < -0.39 is 29.9 Å². The molecule has 0 spiro atoms. The van der Waals surface area contributed by atoms with Crippen molar-refractivity contribution in [1.29, 1.82) is 0 Å². The summed E-state index contributed by atoms with van der Waals surface area (Å²) in [4.78, 5) is 39.8. The first-order chi connectivity index (χ1) is 16.5. The number of rotatable bonds is 15. The third kappa shape index (κ3) is 12.0. The van der Waals surface area contributed by atoms with Crippen molar-refractivity contribution < 1.29 is 29.4 Å². The number of carbonyl (C=O) groups is 2. The Morgan fingerprint density at radius 2 is 2.00 bits per heavy atom. The van der Waals surface area contributed by atoms with Crippen LogP contribution in [0.2, 0.25) is 0 Å². The van der Waals surface area contributed by atoms with E-state index in [9.17, 15) is 29.8 Å². The number of para-hydroxylation sites is 1. The molecule has 2 atom stereocenters. The molecule has 0 aliphatic carbocycles. The molecule has 1 aromatic carbocycles. The number of aliphatic imine (C=N–C) groups is 1. The first kappa shape index (κ1) is 29.6. The fourth-order valence-corrected chi connectivity index (χ4v) is 3.35. The van der Waals surface area contributed by atoms with Crippen LogP contribution in [0.25, 0.3) is 6.08 Å². The molecular weight excluding hydrogens is 457 g/mol. The molecular formula is C22H34BN5O7. The highest BCUT2D eigenvalue weighted by atomic mass is 16.7. The molecule has 0 saturated heterocycles. The van der Waals surface area contributed by atoms with Crippen molar-refractivity contribution in [3.8, 4) is 5.75 Å². The summed E-state index contributed by atoms with van der Waals surface area (Å²) in [6.45, 7) is 3.86. The van der Waals surface area contributed by atoms with Crippen LogP contribution >= 0.6 is 0 Å². The van der Waals surface area contributed by atoms with Crippen LogP contribution in [0.4, 0.5) is 0 Å². The number of hydrogen-bond acceptors (Lipinski definition) is 8. The molecule has 1 aromatic rings. The summed E-state index contributed by atoms with van der Waals surface area (Å²) in [6.07, 6.45) is 3.72. The number of hydrogen-bond donors (Lipinski definition) is 5. The summed E-state index contributed by atoms with van der Waals surface area (Å²) in [7, 11) is -0.227. The predicted molar refractivity (Wildman–Crippen MR) is 133 cm³/mol. The first-order valence-corrected chi connectivity index (χ1v) is 11.2. The summed E-state index contributed by atoms with van der Waals surface area (Å²) in [5.41, 5.74) is 7.81. The smallest absolute Gasteiger partial charge is 0.475 e. The van der Waals surface area contributed by atoms with Gasteiger partial charge in [-0.15, -0.1) is 0 Å². The molecule has 0 aliphatic heterocycles. The van der Waals surface area contributed by atoms with E-state index in [2.05, 4.69) is 10.3 Å². The zero-order valence-corrected chi connectivity index (χ0v) is 20.2. The fourth-order valence-electron chi connectivity index (χ4n) is 3.35. The van der Waals surface area contributed by atoms with Gasteiger partial charge in [0, 0.05) is 24.4 Å². The molecule has 0 radical (unpaired) electrons. The van der Waals surface area contributed by atoms with Crippen LogP contribution < -0.4 is 21.2 Å². The molecule has 0 fully saturated rings. The lowest BCUT2D eigenvalue weighted by Crippen LogP contribution is -2.49. The molecule has 35 heavy (non-hydrogen) atoms. The standard InChI is InChI=1S/C22H34BN5O7/c1-15(2)13-20(23(31)32)26-21(30)17(8-6-12-25-22(24)27-28(33)34)14-18(29)11-10-16-7-4-5-9-19(16)35-3/h4-5,7,9-11,15,17,20,31-32H,6,8,12-14H2,1-3H3,(H,26,30)(H3,24,25,27)/b11-10+/t17-,20+/m1/s1. The normalized spacial score (nSPS) is 13.4. The number of nitrogens with zero attached hydrogens (tertiary/aromatic N) is 2. The van der Waals surface area contributed by atoms with E-state index in [4.69, 9.17) is 10.5 Å². The topological polar surface area (TPSA) is 189 Å². The van der Waals surface area contributed by atoms with Crippen molar-refractivity contribution >= 4 is 30.8 Å². The third-order valence-electron chi connectivity index (χ3n) is 5.02. The van der Waals surface area contributed by atoms with Crippen molar-refractivity contribution in [1.82, 2.24) is 10.7 Å². The number of allylic oxidation sites excluding steroid dienone is 1. The maximum atomic E-state index is 12.9. The summed E-state index contributed by atoms with van der Waals surface area (Å²) in [6, 6.07) is 7.15. The Morgan fingerprint density at radius 3 is 2.60 bits per heavy atom. The van der Waals surface area contributed by atoms with Crippen LogP contribution in [0.15, 0.2) is 35.3 Å². The predicted octanol–water partition coefficient (Wildman–Crippen LogP) is 0.703. The molecule has 0 heterocycles. The largest absolute Gasteiger partial charge is 0.496 e. The average Bonchev–Trinajstić information content (AvgIpc) is 2.78. The van der Waals surface area contributed by atoms with E-state index in [1.165, 1.54) is 13.2 Å². The minimum absolute atomic E-state index is 0.0948. The molecule has 1 amide bonds. The summed E-state index contributed by atoms with van der Waals surface area (Å²) in [5, 5.41) is 31.5. The number of hydrazine groups is 1. The Morgan fingerprint density at radius 1 is 1.31 bits per heavy atom. The average molecular weight is 491 g/mol. The Bertz CT molecular complexity index is 908. The Kier molecular flexibility index (Phi) is 13.1. The van der Waals surface area contributed by atoms with Crippen LogP contribution in [0.5, 0.6) is 5.75 Å². The van der Waals surface area contributed by atoms with Crippen molar-refractivity contribution in [3.05, 3.63) is 46.0 Å². The van der Waals surface area contributed by atoms with Gasteiger partial charge in [-0.2, -0.15) is 0 Å². The third-order valence-corrected chi connectivity index (χ3v) is 5.02. The van der Waals surface area contributed by atoms with Crippen LogP contribution in [0.3, 0.4) is 0 Å². The number of nitro groups is 1. The van der Waals surface area contributed by atoms with Gasteiger partial charge in [0.05, 0.1) is 13.1 Å². The summed E-state index contributed by atoms with van der Waals surface area (Å²) < 4.78 is 5.26. The van der Waals surface area contributed by atoms with Crippen molar-refractivity contribution in [2.45, 2.75) is 45.5 Å². The molecule has 192 valence electrons. The summed E-state index contributed by atoms with van der Waals surface area (Å²) >= 11 is 0. The Labute approximate surface area is 204 Å². The van der Waals surface area contributed by atoms with Crippen molar-refractivity contribution in [3.63, 3.8) is 0 Å². The van der Waals surface area contributed by atoms with Gasteiger partial charge >= 0.3 is 7.12 Å². The molecule has 0 unspecified atom stereocenters. The number of carbonyl (C=O) groups excluding carboxylic acids is 2. The van der Waals surface area contributed by atoms with Crippen molar-refractivity contribution in [2.24, 2.45) is 22.6 Å². The quantitative estimate of drug-likeness (QED) is 0.0447. The number of ketones is 1. The summed E-state index contributed by atoms with van der Waals surface area (Å²) in [5.74, 6) is -2.15. The minimum atomic E-state index is -1.75. The molecule has 0 saturated carbocycles. The maximum Gasteiger partial charge on any atom is 0.475 e. The van der Waals surface area contributed by atoms with Crippen molar-refractivity contribution in [2.75, 3.05) is 13.7 Å².